The van der Waals surface area contributed by atoms with Gasteiger partial charge in [0.25, 0.3) is 5.69 Å². The molecule has 0 saturated heterocycles. The standard InChI is InChI=1S/C22H20N6O3S2/c1-14(33-22-26-25-19(27(22)2)11-15-7-4-3-5-8-15)20(29)24-21-23-18(13-32-21)16-9-6-10-17(12-16)28(30)31/h3-10,12-14H,11H2,1-2H3,(H,23,24,29)/t14-/m0/s1. The van der Waals surface area contributed by atoms with Crippen LogP contribution in [0.2, 0.25) is 0 Å². The van der Waals surface area contributed by atoms with E-state index in [1.54, 1.807) is 24.4 Å². The fourth-order valence-electron chi connectivity index (χ4n) is 3.04. The van der Waals surface area contributed by atoms with Crippen molar-refractivity contribution in [2.75, 3.05) is 5.32 Å². The Labute approximate surface area is 198 Å². The molecule has 9 nitrogen and oxygen atoms in total. The molecule has 2 aromatic heterocycles. The van der Waals surface area contributed by atoms with Crippen molar-refractivity contribution in [3.05, 3.63) is 81.5 Å². The van der Waals surface area contributed by atoms with E-state index in [0.29, 0.717) is 28.0 Å². The minimum Gasteiger partial charge on any atom is -0.309 e. The Bertz CT molecular complexity index is 1290. The zero-order valence-electron chi connectivity index (χ0n) is 17.8. The lowest BCUT2D eigenvalue weighted by Gasteiger charge is -2.10. The van der Waals surface area contributed by atoms with Gasteiger partial charge in [0.05, 0.1) is 15.9 Å². The summed E-state index contributed by atoms with van der Waals surface area (Å²) >= 11 is 2.58. The molecule has 4 aromatic rings. The first-order chi connectivity index (χ1) is 15.9. The molecular formula is C22H20N6O3S2. The van der Waals surface area contributed by atoms with Crippen LogP contribution in [0, 0.1) is 10.1 Å². The number of aromatic nitrogens is 4. The molecular weight excluding hydrogens is 460 g/mol. The summed E-state index contributed by atoms with van der Waals surface area (Å²) in [7, 11) is 1.89. The second-order valence-corrected chi connectivity index (χ2v) is 9.38. The first kappa shape index (κ1) is 22.6. The minimum atomic E-state index is -0.449. The van der Waals surface area contributed by atoms with Gasteiger partial charge in [-0.3, -0.25) is 14.9 Å². The average Bonchev–Trinajstić information content (AvgIpc) is 3.42. The number of nitrogens with zero attached hydrogens (tertiary/aromatic N) is 5. The van der Waals surface area contributed by atoms with Crippen molar-refractivity contribution in [3.8, 4) is 11.3 Å². The second-order valence-electron chi connectivity index (χ2n) is 7.21. The van der Waals surface area contributed by atoms with Crippen LogP contribution in [0.15, 0.2) is 65.1 Å². The van der Waals surface area contributed by atoms with E-state index in [1.165, 1.54) is 35.2 Å². The van der Waals surface area contributed by atoms with Crippen LogP contribution in [-0.2, 0) is 18.3 Å². The number of carbonyl (C=O) groups is 1. The molecule has 0 fully saturated rings. The van der Waals surface area contributed by atoms with Crippen LogP contribution in [0.4, 0.5) is 10.8 Å². The molecule has 168 valence electrons. The summed E-state index contributed by atoms with van der Waals surface area (Å²) < 4.78 is 1.89. The SMILES string of the molecule is C[C@H](Sc1nnc(Cc2ccccc2)n1C)C(=O)Nc1nc(-c2cccc([N+](=O)[O-])c2)cs1. The molecule has 0 spiro atoms. The smallest absolute Gasteiger partial charge is 0.270 e. The first-order valence-corrected chi connectivity index (χ1v) is 11.8. The predicted molar refractivity (Wildman–Crippen MR) is 128 cm³/mol. The highest BCUT2D eigenvalue weighted by Crippen LogP contribution is 2.29. The van der Waals surface area contributed by atoms with E-state index in [0.717, 1.165) is 11.4 Å². The van der Waals surface area contributed by atoms with Crippen molar-refractivity contribution in [2.45, 2.75) is 23.8 Å². The number of carbonyl (C=O) groups excluding carboxylic acids is 1. The zero-order chi connectivity index (χ0) is 23.4. The van der Waals surface area contributed by atoms with Crippen LogP contribution < -0.4 is 5.32 Å². The number of hydrogen-bond acceptors (Lipinski definition) is 8. The molecule has 1 atom stereocenters. The number of benzene rings is 2. The average molecular weight is 481 g/mol. The number of amides is 1. The number of nitrogens with one attached hydrogen (secondary N) is 1. The molecule has 0 radical (unpaired) electrons. The Morgan fingerprint density at radius 2 is 2.00 bits per heavy atom. The molecule has 11 heteroatoms. The third-order valence-corrected chi connectivity index (χ3v) is 6.76. The van der Waals surface area contributed by atoms with Gasteiger partial charge in [-0.25, -0.2) is 4.98 Å². The number of nitro groups is 1. The van der Waals surface area contributed by atoms with Gasteiger partial charge in [0.1, 0.15) is 5.82 Å². The van der Waals surface area contributed by atoms with Gasteiger partial charge < -0.3 is 9.88 Å². The van der Waals surface area contributed by atoms with Gasteiger partial charge >= 0.3 is 0 Å². The number of thiazole rings is 1. The maximum atomic E-state index is 12.7. The number of anilines is 1. The summed E-state index contributed by atoms with van der Waals surface area (Å²) in [6.45, 7) is 1.79. The summed E-state index contributed by atoms with van der Waals surface area (Å²) in [5.41, 5.74) is 2.32. The lowest BCUT2D eigenvalue weighted by atomic mass is 10.1. The number of rotatable bonds is 8. The molecule has 1 amide bonds. The van der Waals surface area contributed by atoms with E-state index in [2.05, 4.69) is 20.5 Å². The van der Waals surface area contributed by atoms with E-state index >= 15 is 0 Å². The predicted octanol–water partition coefficient (Wildman–Crippen LogP) is 4.56. The van der Waals surface area contributed by atoms with Gasteiger partial charge in [0.2, 0.25) is 5.91 Å². The maximum absolute atomic E-state index is 12.7. The van der Waals surface area contributed by atoms with Crippen molar-refractivity contribution >= 4 is 39.8 Å². The highest BCUT2D eigenvalue weighted by molar-refractivity contribution is 8.00. The summed E-state index contributed by atoms with van der Waals surface area (Å²) in [6.07, 6.45) is 0.658. The number of thioether (sulfide) groups is 1. The van der Waals surface area contributed by atoms with Gasteiger partial charge in [0.15, 0.2) is 10.3 Å². The van der Waals surface area contributed by atoms with Crippen LogP contribution in [0.3, 0.4) is 0 Å². The highest BCUT2D eigenvalue weighted by atomic mass is 32.2. The van der Waals surface area contributed by atoms with Gasteiger partial charge in [-0.15, -0.1) is 21.5 Å². The summed E-state index contributed by atoms with van der Waals surface area (Å²) in [6, 6.07) is 16.2. The monoisotopic (exact) mass is 480 g/mol. The molecule has 4 rings (SSSR count). The fraction of sp³-hybridized carbons (Fsp3) is 0.182. The normalized spacial score (nSPS) is 11.8. The summed E-state index contributed by atoms with van der Waals surface area (Å²) in [4.78, 5) is 27.6. The molecule has 0 aliphatic heterocycles. The van der Waals surface area contributed by atoms with Crippen LogP contribution in [0.1, 0.15) is 18.3 Å². The number of non-ortho nitro benzene ring substituents is 1. The molecule has 2 aromatic carbocycles. The van der Waals surface area contributed by atoms with Gasteiger partial charge in [-0.1, -0.05) is 54.2 Å². The minimum absolute atomic E-state index is 0.00795. The van der Waals surface area contributed by atoms with E-state index in [-0.39, 0.29) is 11.6 Å². The Balaban J connectivity index is 1.39. The van der Waals surface area contributed by atoms with E-state index in [9.17, 15) is 14.9 Å². The highest BCUT2D eigenvalue weighted by Gasteiger charge is 2.20. The third-order valence-electron chi connectivity index (χ3n) is 4.87. The zero-order valence-corrected chi connectivity index (χ0v) is 19.5. The van der Waals surface area contributed by atoms with Gasteiger partial charge in [-0.2, -0.15) is 0 Å². The number of hydrogen-bond donors (Lipinski definition) is 1. The maximum Gasteiger partial charge on any atom is 0.270 e. The quantitative estimate of drug-likeness (QED) is 0.223. The van der Waals surface area contributed by atoms with Crippen molar-refractivity contribution in [1.29, 1.82) is 0 Å². The lowest BCUT2D eigenvalue weighted by Crippen LogP contribution is -2.22. The topological polar surface area (TPSA) is 116 Å². The summed E-state index contributed by atoms with van der Waals surface area (Å²) in [5, 5.41) is 24.7. The van der Waals surface area contributed by atoms with Crippen LogP contribution in [-0.4, -0.2) is 35.8 Å². The lowest BCUT2D eigenvalue weighted by molar-refractivity contribution is -0.384. The Kier molecular flexibility index (Phi) is 6.80. The molecule has 33 heavy (non-hydrogen) atoms. The fourth-order valence-corrected chi connectivity index (χ4v) is 4.60. The van der Waals surface area contributed by atoms with Crippen molar-refractivity contribution in [1.82, 2.24) is 19.7 Å². The molecule has 0 aliphatic rings. The van der Waals surface area contributed by atoms with Crippen LogP contribution in [0.25, 0.3) is 11.3 Å². The van der Waals surface area contributed by atoms with E-state index < -0.39 is 10.2 Å². The van der Waals surface area contributed by atoms with Crippen LogP contribution in [0.5, 0.6) is 0 Å². The molecule has 0 bridgehead atoms. The van der Waals surface area contributed by atoms with E-state index in [1.807, 2.05) is 41.9 Å². The second kappa shape index (κ2) is 9.92. The molecule has 0 unspecified atom stereocenters. The van der Waals surface area contributed by atoms with Gasteiger partial charge in [-0.05, 0) is 12.5 Å². The summed E-state index contributed by atoms with van der Waals surface area (Å²) in [5.74, 6) is 0.602. The Morgan fingerprint density at radius 1 is 1.21 bits per heavy atom. The molecule has 0 aliphatic carbocycles. The Hall–Kier alpha value is -3.57. The first-order valence-electron chi connectivity index (χ1n) is 10.0. The van der Waals surface area contributed by atoms with Crippen LogP contribution >= 0.6 is 23.1 Å². The molecule has 0 saturated carbocycles. The molecule has 2 heterocycles. The number of nitro benzene ring substituents is 1. The molecule has 1 N–H and O–H groups in total. The van der Waals surface area contributed by atoms with Crippen molar-refractivity contribution < 1.29 is 9.72 Å². The third kappa shape index (κ3) is 5.44. The largest absolute Gasteiger partial charge is 0.309 e. The van der Waals surface area contributed by atoms with Gasteiger partial charge in [0, 0.05) is 36.5 Å². The van der Waals surface area contributed by atoms with Crippen molar-refractivity contribution in [2.24, 2.45) is 7.05 Å². The Morgan fingerprint density at radius 3 is 2.76 bits per heavy atom. The van der Waals surface area contributed by atoms with Crippen molar-refractivity contribution in [3.63, 3.8) is 0 Å². The van der Waals surface area contributed by atoms with E-state index in [4.69, 9.17) is 0 Å².